The highest BCUT2D eigenvalue weighted by atomic mass is 127. The summed E-state index contributed by atoms with van der Waals surface area (Å²) < 4.78 is 6.73. The van der Waals surface area contributed by atoms with Crippen LogP contribution in [0.4, 0.5) is 4.79 Å². The number of piperidine rings is 1. The molecule has 166 valence electrons. The summed E-state index contributed by atoms with van der Waals surface area (Å²) in [4.78, 5) is 40.8. The number of hydrogen-bond acceptors (Lipinski definition) is 5. The largest absolute Gasteiger partial charge is 0.484 e. The summed E-state index contributed by atoms with van der Waals surface area (Å²) in [6, 6.07) is 14.9. The van der Waals surface area contributed by atoms with Crippen LogP contribution in [-0.2, 0) is 16.1 Å². The van der Waals surface area contributed by atoms with Crippen molar-refractivity contribution in [3.63, 3.8) is 0 Å². The molecule has 0 atom stereocenters. The third-order valence-corrected chi connectivity index (χ3v) is 7.00. The number of halogens is 1. The van der Waals surface area contributed by atoms with Crippen molar-refractivity contribution in [1.82, 2.24) is 9.80 Å². The predicted octanol–water partition coefficient (Wildman–Crippen LogP) is 4.92. The number of carbonyl (C=O) groups is 3. The van der Waals surface area contributed by atoms with Crippen LogP contribution in [0.5, 0.6) is 5.75 Å². The van der Waals surface area contributed by atoms with E-state index in [2.05, 4.69) is 22.6 Å². The number of rotatable bonds is 6. The molecular weight excluding hydrogens is 539 g/mol. The summed E-state index contributed by atoms with van der Waals surface area (Å²) in [5.74, 6) is 0.320. The van der Waals surface area contributed by atoms with Crippen molar-refractivity contribution in [3.05, 3.63) is 68.1 Å². The molecule has 4 rings (SSSR count). The van der Waals surface area contributed by atoms with Gasteiger partial charge in [0, 0.05) is 16.7 Å². The molecule has 8 heteroatoms. The molecule has 0 spiro atoms. The van der Waals surface area contributed by atoms with E-state index in [9.17, 15) is 14.4 Å². The molecule has 2 aromatic rings. The van der Waals surface area contributed by atoms with Crippen molar-refractivity contribution in [2.24, 2.45) is 0 Å². The van der Waals surface area contributed by atoms with E-state index in [1.807, 2.05) is 41.3 Å². The summed E-state index contributed by atoms with van der Waals surface area (Å²) in [5, 5.41) is -0.268. The third kappa shape index (κ3) is 5.72. The average molecular weight is 562 g/mol. The number of nitrogens with zero attached hydrogens (tertiary/aromatic N) is 2. The second-order valence-corrected chi connectivity index (χ2v) is 9.93. The highest BCUT2D eigenvalue weighted by Gasteiger charge is 2.34. The summed E-state index contributed by atoms with van der Waals surface area (Å²) in [7, 11) is 0. The zero-order valence-corrected chi connectivity index (χ0v) is 20.4. The Morgan fingerprint density at radius 3 is 2.38 bits per heavy atom. The third-order valence-electron chi connectivity index (χ3n) is 5.38. The van der Waals surface area contributed by atoms with Crippen molar-refractivity contribution < 1.29 is 19.1 Å². The minimum Gasteiger partial charge on any atom is -0.484 e. The monoisotopic (exact) mass is 562 g/mol. The number of ether oxygens (including phenoxy) is 1. The fourth-order valence-corrected chi connectivity index (χ4v) is 4.80. The zero-order valence-electron chi connectivity index (χ0n) is 17.5. The number of likely N-dealkylation sites (tertiary alicyclic amines) is 1. The van der Waals surface area contributed by atoms with E-state index in [4.69, 9.17) is 4.74 Å². The summed E-state index contributed by atoms with van der Waals surface area (Å²) in [6.07, 6.45) is 4.99. The molecule has 3 amide bonds. The maximum absolute atomic E-state index is 12.7. The van der Waals surface area contributed by atoms with Crippen LogP contribution in [0.2, 0.25) is 0 Å². The highest BCUT2D eigenvalue weighted by molar-refractivity contribution is 14.1. The fraction of sp³-hybridized carbons (Fsp3) is 0.292. The van der Waals surface area contributed by atoms with Crippen molar-refractivity contribution in [2.75, 3.05) is 19.7 Å². The van der Waals surface area contributed by atoms with Crippen LogP contribution in [0.3, 0.4) is 0 Å². The Balaban J connectivity index is 1.35. The van der Waals surface area contributed by atoms with Gasteiger partial charge in [0.25, 0.3) is 17.1 Å². The van der Waals surface area contributed by atoms with Gasteiger partial charge in [0.2, 0.25) is 0 Å². The van der Waals surface area contributed by atoms with Crippen molar-refractivity contribution >= 4 is 57.5 Å². The van der Waals surface area contributed by atoms with Crippen molar-refractivity contribution in [2.45, 2.75) is 25.8 Å². The molecule has 2 saturated heterocycles. The van der Waals surface area contributed by atoms with Gasteiger partial charge in [-0.3, -0.25) is 19.3 Å². The SMILES string of the molecule is O=C(COc1ccc(/C=C2\SC(=O)N(Cc3ccc(I)cc3)C2=O)cc1)N1CCCCC1. The van der Waals surface area contributed by atoms with Crippen molar-refractivity contribution in [1.29, 1.82) is 0 Å². The van der Waals surface area contributed by atoms with Gasteiger partial charge in [-0.25, -0.2) is 0 Å². The lowest BCUT2D eigenvalue weighted by atomic mass is 10.1. The minimum atomic E-state index is -0.286. The second kappa shape index (κ2) is 10.5. The first-order valence-corrected chi connectivity index (χ1v) is 12.4. The van der Waals surface area contributed by atoms with E-state index < -0.39 is 0 Å². The molecule has 0 saturated carbocycles. The van der Waals surface area contributed by atoms with E-state index in [1.54, 1.807) is 18.2 Å². The van der Waals surface area contributed by atoms with E-state index in [-0.39, 0.29) is 30.2 Å². The Morgan fingerprint density at radius 2 is 1.69 bits per heavy atom. The number of hydrogen-bond donors (Lipinski definition) is 0. The van der Waals surface area contributed by atoms with Crippen molar-refractivity contribution in [3.8, 4) is 5.75 Å². The Labute approximate surface area is 205 Å². The predicted molar refractivity (Wildman–Crippen MR) is 133 cm³/mol. The molecule has 2 heterocycles. The quantitative estimate of drug-likeness (QED) is 0.370. The topological polar surface area (TPSA) is 66.9 Å². The molecule has 32 heavy (non-hydrogen) atoms. The maximum atomic E-state index is 12.7. The molecule has 2 aliphatic heterocycles. The first-order chi connectivity index (χ1) is 15.5. The number of carbonyl (C=O) groups excluding carboxylic acids is 3. The van der Waals surface area contributed by atoms with Gasteiger partial charge in [-0.2, -0.15) is 0 Å². The molecule has 2 fully saturated rings. The number of imide groups is 1. The van der Waals surface area contributed by atoms with Gasteiger partial charge in [0.1, 0.15) is 5.75 Å². The summed E-state index contributed by atoms with van der Waals surface area (Å²) in [6.45, 7) is 1.90. The molecular formula is C24H23IN2O4S. The van der Waals surface area contributed by atoms with Crippen LogP contribution in [-0.4, -0.2) is 46.5 Å². The highest BCUT2D eigenvalue weighted by Crippen LogP contribution is 2.33. The number of amides is 3. The van der Waals surface area contributed by atoms with Crippen LogP contribution < -0.4 is 4.74 Å². The fourth-order valence-electron chi connectivity index (χ4n) is 3.60. The lowest BCUT2D eigenvalue weighted by molar-refractivity contribution is -0.134. The van der Waals surface area contributed by atoms with Gasteiger partial charge in [0.15, 0.2) is 6.61 Å². The maximum Gasteiger partial charge on any atom is 0.293 e. The lowest BCUT2D eigenvalue weighted by Crippen LogP contribution is -2.38. The van der Waals surface area contributed by atoms with E-state index in [1.165, 1.54) is 11.3 Å². The Kier molecular flexibility index (Phi) is 7.51. The van der Waals surface area contributed by atoms with Crippen LogP contribution in [0.15, 0.2) is 53.4 Å². The molecule has 0 unspecified atom stereocenters. The van der Waals surface area contributed by atoms with Crippen LogP contribution in [0.25, 0.3) is 6.08 Å². The van der Waals surface area contributed by atoms with E-state index >= 15 is 0 Å². The van der Waals surface area contributed by atoms with Gasteiger partial charge in [-0.1, -0.05) is 24.3 Å². The molecule has 0 bridgehead atoms. The molecule has 0 N–H and O–H groups in total. The van der Waals surface area contributed by atoms with Crippen LogP contribution in [0, 0.1) is 3.57 Å². The van der Waals surface area contributed by atoms with Crippen LogP contribution in [0.1, 0.15) is 30.4 Å². The standard InChI is InChI=1S/C24H23IN2O4S/c25-19-8-4-18(5-9-19)15-27-23(29)21(32-24(27)30)14-17-6-10-20(11-7-17)31-16-22(28)26-12-2-1-3-13-26/h4-11,14H,1-3,12-13,15-16H2/b21-14-. The second-order valence-electron chi connectivity index (χ2n) is 7.69. The Morgan fingerprint density at radius 1 is 1.00 bits per heavy atom. The Bertz CT molecular complexity index is 1030. The van der Waals surface area contributed by atoms with E-state index in [0.717, 1.165) is 52.4 Å². The first-order valence-electron chi connectivity index (χ1n) is 10.5. The molecule has 0 aliphatic carbocycles. The van der Waals surface area contributed by atoms with Gasteiger partial charge >= 0.3 is 0 Å². The zero-order chi connectivity index (χ0) is 22.5. The summed E-state index contributed by atoms with van der Waals surface area (Å²) in [5.41, 5.74) is 1.70. The molecule has 2 aromatic carbocycles. The number of benzene rings is 2. The van der Waals surface area contributed by atoms with E-state index in [0.29, 0.717) is 10.7 Å². The summed E-state index contributed by atoms with van der Waals surface area (Å²) >= 11 is 3.17. The minimum absolute atomic E-state index is 0.00980. The molecule has 6 nitrogen and oxygen atoms in total. The molecule has 0 radical (unpaired) electrons. The molecule has 2 aliphatic rings. The Hall–Kier alpha value is -2.33. The smallest absolute Gasteiger partial charge is 0.293 e. The molecule has 0 aromatic heterocycles. The normalized spacial score (nSPS) is 17.8. The van der Waals surface area contributed by atoms with Crippen LogP contribution >= 0.6 is 34.4 Å². The average Bonchev–Trinajstić information content (AvgIpc) is 3.07. The lowest BCUT2D eigenvalue weighted by Gasteiger charge is -2.26. The van der Waals surface area contributed by atoms with Gasteiger partial charge in [-0.15, -0.1) is 0 Å². The van der Waals surface area contributed by atoms with Gasteiger partial charge in [0.05, 0.1) is 11.4 Å². The van der Waals surface area contributed by atoms with Gasteiger partial charge < -0.3 is 9.64 Å². The number of thioether (sulfide) groups is 1. The van der Waals surface area contributed by atoms with Gasteiger partial charge in [-0.05, 0) is 95.1 Å². The first kappa shape index (κ1) is 22.8.